The SMILES string of the molecule is [N-]=[N+]=NC1C=C(c2ccncc2[N+](=O)[O-])C[C@H](C(F)(F)F)C1. The van der Waals surface area contributed by atoms with Crippen molar-refractivity contribution in [3.05, 3.63) is 50.7 Å². The fourth-order valence-corrected chi connectivity index (χ4v) is 2.41. The first-order valence-corrected chi connectivity index (χ1v) is 6.23. The molecule has 22 heavy (non-hydrogen) atoms. The molecule has 7 nitrogen and oxygen atoms in total. The Hall–Kier alpha value is -2.61. The Balaban J connectivity index is 2.48. The molecule has 0 amide bonds. The standard InChI is InChI=1S/C12H10F3N5O2/c13-12(14,15)8-3-7(4-9(5-8)18-19-16)10-1-2-17-6-11(10)20(21)22/h1-2,4,6,8-9H,3,5H2/t8-,9?/m0/s1. The lowest BCUT2D eigenvalue weighted by atomic mass is 9.83. The molecule has 0 saturated carbocycles. The van der Waals surface area contributed by atoms with Gasteiger partial charge in [0.05, 0.1) is 22.4 Å². The van der Waals surface area contributed by atoms with E-state index in [1.165, 1.54) is 18.3 Å². The number of allylic oxidation sites excluding steroid dienone is 1. The number of pyridine rings is 1. The summed E-state index contributed by atoms with van der Waals surface area (Å²) in [7, 11) is 0. The van der Waals surface area contributed by atoms with Crippen molar-refractivity contribution in [2.24, 2.45) is 11.0 Å². The number of hydrogen-bond donors (Lipinski definition) is 0. The molecule has 116 valence electrons. The number of alkyl halides is 3. The number of aromatic nitrogens is 1. The van der Waals surface area contributed by atoms with E-state index < -0.39 is 29.5 Å². The summed E-state index contributed by atoms with van der Waals surface area (Å²) in [5, 5.41) is 14.3. The largest absolute Gasteiger partial charge is 0.392 e. The van der Waals surface area contributed by atoms with Crippen LogP contribution in [0.25, 0.3) is 16.0 Å². The fourth-order valence-electron chi connectivity index (χ4n) is 2.41. The van der Waals surface area contributed by atoms with Gasteiger partial charge in [-0.2, -0.15) is 13.2 Å². The topological polar surface area (TPSA) is 105 Å². The Morgan fingerprint density at radius 1 is 1.50 bits per heavy atom. The molecule has 0 bridgehead atoms. The Labute approximate surface area is 122 Å². The van der Waals surface area contributed by atoms with Gasteiger partial charge in [-0.05, 0) is 30.0 Å². The lowest BCUT2D eigenvalue weighted by Gasteiger charge is -2.28. The van der Waals surface area contributed by atoms with Crippen LogP contribution in [-0.4, -0.2) is 22.1 Å². The summed E-state index contributed by atoms with van der Waals surface area (Å²) in [6.45, 7) is 0. The van der Waals surface area contributed by atoms with Crippen LogP contribution in [0.2, 0.25) is 0 Å². The second-order valence-corrected chi connectivity index (χ2v) is 4.79. The quantitative estimate of drug-likeness (QED) is 0.276. The molecule has 10 heteroatoms. The third-order valence-electron chi connectivity index (χ3n) is 3.39. The zero-order chi connectivity index (χ0) is 16.3. The molecule has 2 atom stereocenters. The van der Waals surface area contributed by atoms with Crippen molar-refractivity contribution in [1.29, 1.82) is 0 Å². The van der Waals surface area contributed by atoms with E-state index in [1.807, 2.05) is 0 Å². The van der Waals surface area contributed by atoms with Crippen LogP contribution in [0.15, 0.2) is 29.7 Å². The zero-order valence-corrected chi connectivity index (χ0v) is 11.1. The molecule has 0 aromatic carbocycles. The molecule has 0 fully saturated rings. The Morgan fingerprint density at radius 2 is 2.23 bits per heavy atom. The van der Waals surface area contributed by atoms with Crippen molar-refractivity contribution in [3.63, 3.8) is 0 Å². The van der Waals surface area contributed by atoms with E-state index in [1.54, 1.807) is 0 Å². The van der Waals surface area contributed by atoms with Gasteiger partial charge in [0.1, 0.15) is 6.20 Å². The lowest BCUT2D eigenvalue weighted by Crippen LogP contribution is -2.29. The molecule has 1 unspecified atom stereocenters. The van der Waals surface area contributed by atoms with Crippen molar-refractivity contribution in [3.8, 4) is 0 Å². The molecule has 2 rings (SSSR count). The Bertz CT molecular complexity index is 667. The van der Waals surface area contributed by atoms with Crippen LogP contribution in [0.5, 0.6) is 0 Å². The number of azide groups is 1. The highest BCUT2D eigenvalue weighted by Gasteiger charge is 2.43. The number of hydrogen-bond acceptors (Lipinski definition) is 4. The molecule has 0 aliphatic heterocycles. The maximum absolute atomic E-state index is 13.0. The second kappa shape index (κ2) is 6.02. The molecular formula is C12H10F3N5O2. The minimum absolute atomic E-state index is 0.0621. The predicted molar refractivity (Wildman–Crippen MR) is 70.6 cm³/mol. The van der Waals surface area contributed by atoms with Crippen molar-refractivity contribution < 1.29 is 18.1 Å². The molecule has 1 heterocycles. The van der Waals surface area contributed by atoms with E-state index in [0.29, 0.717) is 0 Å². The van der Waals surface area contributed by atoms with E-state index in [2.05, 4.69) is 15.0 Å². The van der Waals surface area contributed by atoms with E-state index in [4.69, 9.17) is 5.53 Å². The first-order valence-electron chi connectivity index (χ1n) is 6.23. The van der Waals surface area contributed by atoms with Crippen molar-refractivity contribution in [1.82, 2.24) is 4.98 Å². The molecule has 1 aliphatic rings. The summed E-state index contributed by atoms with van der Waals surface area (Å²) in [6.07, 6.45) is -1.63. The average molecular weight is 313 g/mol. The first kappa shape index (κ1) is 15.8. The highest BCUT2D eigenvalue weighted by atomic mass is 19.4. The summed E-state index contributed by atoms with van der Waals surface area (Å²) < 4.78 is 39.0. The van der Waals surface area contributed by atoms with E-state index in [0.717, 1.165) is 6.20 Å². The monoisotopic (exact) mass is 313 g/mol. The highest BCUT2D eigenvalue weighted by Crippen LogP contribution is 2.42. The van der Waals surface area contributed by atoms with Gasteiger partial charge in [-0.3, -0.25) is 15.1 Å². The van der Waals surface area contributed by atoms with Crippen LogP contribution in [-0.2, 0) is 0 Å². The van der Waals surface area contributed by atoms with Gasteiger partial charge in [-0.25, -0.2) is 0 Å². The Kier molecular flexibility index (Phi) is 4.32. The predicted octanol–water partition coefficient (Wildman–Crippen LogP) is 4.02. The molecule has 1 aromatic rings. The normalized spacial score (nSPS) is 21.7. The second-order valence-electron chi connectivity index (χ2n) is 4.79. The molecule has 0 saturated heterocycles. The van der Waals surface area contributed by atoms with Crippen LogP contribution in [0.3, 0.4) is 0 Å². The van der Waals surface area contributed by atoms with Crippen LogP contribution >= 0.6 is 0 Å². The van der Waals surface area contributed by atoms with Crippen molar-refractivity contribution >= 4 is 11.3 Å². The maximum Gasteiger partial charge on any atom is 0.392 e. The molecule has 1 aromatic heterocycles. The summed E-state index contributed by atoms with van der Waals surface area (Å²) >= 11 is 0. The van der Waals surface area contributed by atoms with Gasteiger partial charge in [0, 0.05) is 11.1 Å². The molecule has 0 N–H and O–H groups in total. The van der Waals surface area contributed by atoms with Gasteiger partial charge in [-0.15, -0.1) is 0 Å². The smallest absolute Gasteiger partial charge is 0.258 e. The zero-order valence-electron chi connectivity index (χ0n) is 11.1. The van der Waals surface area contributed by atoms with E-state index >= 15 is 0 Å². The lowest BCUT2D eigenvalue weighted by molar-refractivity contribution is -0.385. The first-order chi connectivity index (χ1) is 10.3. The van der Waals surface area contributed by atoms with Gasteiger partial charge in [0.2, 0.25) is 0 Å². The highest BCUT2D eigenvalue weighted by molar-refractivity contribution is 5.73. The van der Waals surface area contributed by atoms with Crippen molar-refractivity contribution in [2.45, 2.75) is 25.1 Å². The van der Waals surface area contributed by atoms with Gasteiger partial charge < -0.3 is 0 Å². The molecule has 0 spiro atoms. The van der Waals surface area contributed by atoms with Gasteiger partial charge in [0.25, 0.3) is 5.69 Å². The molecular weight excluding hydrogens is 303 g/mol. The van der Waals surface area contributed by atoms with Gasteiger partial charge in [0.15, 0.2) is 0 Å². The third kappa shape index (κ3) is 3.34. The number of rotatable bonds is 3. The summed E-state index contributed by atoms with van der Waals surface area (Å²) in [6, 6.07) is 0.295. The van der Waals surface area contributed by atoms with Crippen LogP contribution in [0, 0.1) is 16.0 Å². The third-order valence-corrected chi connectivity index (χ3v) is 3.39. The average Bonchev–Trinajstić information content (AvgIpc) is 2.46. The summed E-state index contributed by atoms with van der Waals surface area (Å²) in [5.74, 6) is -1.71. The number of nitrogens with zero attached hydrogens (tertiary/aromatic N) is 5. The number of nitro groups is 1. The fraction of sp³-hybridized carbons (Fsp3) is 0.417. The van der Waals surface area contributed by atoms with Gasteiger partial charge in [-0.1, -0.05) is 11.2 Å². The van der Waals surface area contributed by atoms with Crippen molar-refractivity contribution in [2.75, 3.05) is 0 Å². The minimum Gasteiger partial charge on any atom is -0.258 e. The van der Waals surface area contributed by atoms with E-state index in [-0.39, 0.29) is 23.2 Å². The summed E-state index contributed by atoms with van der Waals surface area (Å²) in [4.78, 5) is 16.4. The van der Waals surface area contributed by atoms with Crippen LogP contribution < -0.4 is 0 Å². The summed E-state index contributed by atoms with van der Waals surface area (Å²) in [5.41, 5.74) is 8.26. The molecule has 0 radical (unpaired) electrons. The number of halogens is 3. The maximum atomic E-state index is 13.0. The Morgan fingerprint density at radius 3 is 2.82 bits per heavy atom. The molecule has 1 aliphatic carbocycles. The van der Waals surface area contributed by atoms with Crippen LogP contribution in [0.1, 0.15) is 18.4 Å². The van der Waals surface area contributed by atoms with E-state index in [9.17, 15) is 23.3 Å². The van der Waals surface area contributed by atoms with Crippen LogP contribution in [0.4, 0.5) is 18.9 Å². The minimum atomic E-state index is -4.47. The van der Waals surface area contributed by atoms with Gasteiger partial charge >= 0.3 is 6.18 Å².